The van der Waals surface area contributed by atoms with Gasteiger partial charge in [0.15, 0.2) is 0 Å². The Morgan fingerprint density at radius 3 is 2.55 bits per heavy atom. The first-order valence-electron chi connectivity index (χ1n) is 10.5. The van der Waals surface area contributed by atoms with Crippen molar-refractivity contribution in [3.05, 3.63) is 79.6 Å². The number of hydrogen-bond acceptors (Lipinski definition) is 6. The van der Waals surface area contributed by atoms with Crippen molar-refractivity contribution in [2.24, 2.45) is 0 Å². The van der Waals surface area contributed by atoms with Crippen molar-refractivity contribution < 1.29 is 14.6 Å². The van der Waals surface area contributed by atoms with Crippen LogP contribution in [0.3, 0.4) is 0 Å². The van der Waals surface area contributed by atoms with E-state index in [4.69, 9.17) is 21.4 Å². The van der Waals surface area contributed by atoms with Crippen LogP contribution in [0.15, 0.2) is 52.1 Å². The van der Waals surface area contributed by atoms with Crippen molar-refractivity contribution in [3.8, 4) is 5.75 Å². The van der Waals surface area contributed by atoms with Crippen LogP contribution in [0, 0.1) is 6.92 Å². The number of nitrogens with zero attached hydrogens (tertiary/aromatic N) is 3. The van der Waals surface area contributed by atoms with Gasteiger partial charge in [-0.2, -0.15) is 4.98 Å². The van der Waals surface area contributed by atoms with E-state index < -0.39 is 17.3 Å². The second-order valence-electron chi connectivity index (χ2n) is 7.96. The fourth-order valence-electron chi connectivity index (χ4n) is 3.21. The fourth-order valence-corrected chi connectivity index (χ4v) is 3.44. The van der Waals surface area contributed by atoms with Crippen molar-refractivity contribution in [3.63, 3.8) is 0 Å². The van der Waals surface area contributed by atoms with Gasteiger partial charge in [0.1, 0.15) is 5.75 Å². The fraction of sp³-hybridized carbons (Fsp3) is 0.304. The van der Waals surface area contributed by atoms with Gasteiger partial charge in [-0.05, 0) is 43.5 Å². The molecule has 2 N–H and O–H groups in total. The van der Waals surface area contributed by atoms with E-state index in [1.807, 2.05) is 31.2 Å². The molecule has 0 aliphatic heterocycles. The number of carboxylic acid groups (broad SMARTS) is 1. The first-order chi connectivity index (χ1) is 15.8. The minimum Gasteiger partial charge on any atom is -0.489 e. The lowest BCUT2D eigenvalue weighted by Crippen LogP contribution is -2.43. The Morgan fingerprint density at radius 2 is 1.91 bits per heavy atom. The molecule has 1 aliphatic rings. The highest BCUT2D eigenvalue weighted by Crippen LogP contribution is 2.34. The summed E-state index contributed by atoms with van der Waals surface area (Å²) in [6, 6.07) is 12.7. The number of aryl methyl sites for hydroxylation is 1. The second kappa shape index (κ2) is 9.50. The van der Waals surface area contributed by atoms with Gasteiger partial charge in [-0.3, -0.25) is 9.36 Å². The normalized spacial score (nSPS) is 13.0. The lowest BCUT2D eigenvalue weighted by atomic mass is 10.1. The maximum atomic E-state index is 13.1. The Labute approximate surface area is 194 Å². The molecular formula is C23H23ClN4O5. The number of carbonyl (C=O) groups is 1. The third-order valence-corrected chi connectivity index (χ3v) is 5.46. The van der Waals surface area contributed by atoms with Gasteiger partial charge in [-0.15, -0.1) is 0 Å². The van der Waals surface area contributed by atoms with Crippen LogP contribution < -0.4 is 21.4 Å². The summed E-state index contributed by atoms with van der Waals surface area (Å²) in [5, 5.41) is 12.4. The monoisotopic (exact) mass is 470 g/mol. The van der Waals surface area contributed by atoms with Crippen molar-refractivity contribution in [2.45, 2.75) is 45.4 Å². The molecule has 33 heavy (non-hydrogen) atoms. The summed E-state index contributed by atoms with van der Waals surface area (Å²) in [6.45, 7) is 1.82. The molecule has 3 aromatic rings. The summed E-state index contributed by atoms with van der Waals surface area (Å²) >= 11 is 6.34. The van der Waals surface area contributed by atoms with E-state index in [1.165, 1.54) is 4.57 Å². The first-order valence-corrected chi connectivity index (χ1v) is 10.9. The van der Waals surface area contributed by atoms with Crippen molar-refractivity contribution in [2.75, 3.05) is 5.32 Å². The van der Waals surface area contributed by atoms with Crippen LogP contribution in [0.5, 0.6) is 5.75 Å². The summed E-state index contributed by atoms with van der Waals surface area (Å²) in [4.78, 5) is 40.6. The van der Waals surface area contributed by atoms with Crippen LogP contribution in [-0.2, 0) is 17.9 Å². The number of carboxylic acids is 1. The van der Waals surface area contributed by atoms with E-state index in [-0.39, 0.29) is 31.6 Å². The Hall–Kier alpha value is -3.59. The highest BCUT2D eigenvalue weighted by atomic mass is 35.5. The lowest BCUT2D eigenvalue weighted by Gasteiger charge is -2.16. The number of ether oxygens (including phenoxy) is 1. The van der Waals surface area contributed by atoms with Crippen LogP contribution in [0.2, 0.25) is 5.02 Å². The second-order valence-corrected chi connectivity index (χ2v) is 8.36. The predicted molar refractivity (Wildman–Crippen MR) is 124 cm³/mol. The zero-order valence-corrected chi connectivity index (χ0v) is 18.7. The van der Waals surface area contributed by atoms with Crippen molar-refractivity contribution >= 4 is 29.2 Å². The number of anilines is 2. The summed E-state index contributed by atoms with van der Waals surface area (Å²) in [7, 11) is 0. The van der Waals surface area contributed by atoms with Crippen LogP contribution in [-0.4, -0.2) is 31.3 Å². The minimum atomic E-state index is -1.11. The van der Waals surface area contributed by atoms with Gasteiger partial charge < -0.3 is 15.2 Å². The third kappa shape index (κ3) is 5.61. The smallest absolute Gasteiger partial charge is 0.354 e. The van der Waals surface area contributed by atoms with E-state index in [0.29, 0.717) is 16.5 Å². The average Bonchev–Trinajstić information content (AvgIpc) is 3.58. The van der Waals surface area contributed by atoms with E-state index in [9.17, 15) is 14.4 Å². The molecule has 0 atom stereocenters. The first kappa shape index (κ1) is 22.6. The standard InChI is InChI=1S/C23H23ClN4O5/c1-14-2-4-15(5-3-14)13-28-21(26-22(31)27(23(28)32)11-10-20(29)30)25-16-6-9-19(18(24)12-16)33-17-7-8-17/h2-6,9,12,17H,7-8,10-11,13H2,1H3,(H,29,30)(H,25,26,31). The van der Waals surface area contributed by atoms with Gasteiger partial charge in [0.25, 0.3) is 0 Å². The van der Waals surface area contributed by atoms with E-state index in [2.05, 4.69) is 10.3 Å². The Bertz CT molecular complexity index is 1300. The number of aromatic nitrogens is 3. The molecule has 1 saturated carbocycles. The average molecular weight is 471 g/mol. The molecule has 1 heterocycles. The number of rotatable bonds is 9. The molecule has 1 aromatic heterocycles. The molecule has 0 amide bonds. The van der Waals surface area contributed by atoms with Gasteiger partial charge in [-0.1, -0.05) is 41.4 Å². The molecule has 172 valence electrons. The zero-order valence-electron chi connectivity index (χ0n) is 18.0. The largest absolute Gasteiger partial charge is 0.489 e. The molecule has 4 rings (SSSR count). The molecule has 0 radical (unpaired) electrons. The Balaban J connectivity index is 1.70. The molecule has 1 aliphatic carbocycles. The number of hydrogen-bond donors (Lipinski definition) is 2. The van der Waals surface area contributed by atoms with E-state index in [0.717, 1.165) is 28.5 Å². The van der Waals surface area contributed by atoms with Crippen LogP contribution in [0.25, 0.3) is 0 Å². The highest BCUT2D eigenvalue weighted by molar-refractivity contribution is 6.32. The quantitative estimate of drug-likeness (QED) is 0.493. The summed E-state index contributed by atoms with van der Waals surface area (Å²) in [5.74, 6) is -0.514. The Kier molecular flexibility index (Phi) is 6.50. The molecule has 0 bridgehead atoms. The molecule has 0 saturated heterocycles. The number of halogens is 1. The molecule has 0 unspecified atom stereocenters. The molecule has 1 fully saturated rings. The van der Waals surface area contributed by atoms with Gasteiger partial charge >= 0.3 is 17.3 Å². The van der Waals surface area contributed by atoms with Gasteiger partial charge in [0.05, 0.1) is 24.1 Å². The summed E-state index contributed by atoms with van der Waals surface area (Å²) < 4.78 is 7.87. The highest BCUT2D eigenvalue weighted by Gasteiger charge is 2.24. The third-order valence-electron chi connectivity index (χ3n) is 5.17. The topological polar surface area (TPSA) is 115 Å². The van der Waals surface area contributed by atoms with E-state index in [1.54, 1.807) is 18.2 Å². The molecule has 9 nitrogen and oxygen atoms in total. The number of benzene rings is 2. The van der Waals surface area contributed by atoms with Crippen LogP contribution in [0.1, 0.15) is 30.4 Å². The van der Waals surface area contributed by atoms with Crippen LogP contribution in [0.4, 0.5) is 11.6 Å². The van der Waals surface area contributed by atoms with Crippen LogP contribution >= 0.6 is 11.6 Å². The minimum absolute atomic E-state index is 0.0316. The molecule has 2 aromatic carbocycles. The van der Waals surface area contributed by atoms with Gasteiger partial charge in [-0.25, -0.2) is 14.2 Å². The van der Waals surface area contributed by atoms with Gasteiger partial charge in [0.2, 0.25) is 5.95 Å². The molecule has 0 spiro atoms. The Morgan fingerprint density at radius 1 is 1.18 bits per heavy atom. The zero-order chi connectivity index (χ0) is 23.5. The SMILES string of the molecule is Cc1ccc(Cn2c(Nc3ccc(OC4CC4)c(Cl)c3)nc(=O)n(CCC(=O)O)c2=O)cc1. The summed E-state index contributed by atoms with van der Waals surface area (Å²) in [6.07, 6.45) is 1.83. The molecule has 10 heteroatoms. The van der Waals surface area contributed by atoms with Crippen molar-refractivity contribution in [1.82, 2.24) is 14.1 Å². The summed E-state index contributed by atoms with van der Waals surface area (Å²) in [5.41, 5.74) is 0.928. The molecular weight excluding hydrogens is 448 g/mol. The predicted octanol–water partition coefficient (Wildman–Crippen LogP) is 3.17. The van der Waals surface area contributed by atoms with E-state index >= 15 is 0 Å². The lowest BCUT2D eigenvalue weighted by molar-refractivity contribution is -0.137. The number of aliphatic carboxylic acids is 1. The van der Waals surface area contributed by atoms with Gasteiger partial charge in [0, 0.05) is 12.2 Å². The number of nitrogens with one attached hydrogen (secondary N) is 1. The van der Waals surface area contributed by atoms with Crippen molar-refractivity contribution in [1.29, 1.82) is 0 Å². The maximum Gasteiger partial charge on any atom is 0.354 e. The maximum absolute atomic E-state index is 13.1.